The van der Waals surface area contributed by atoms with Crippen molar-refractivity contribution in [2.75, 3.05) is 19.7 Å². The predicted octanol–water partition coefficient (Wildman–Crippen LogP) is 1.82. The summed E-state index contributed by atoms with van der Waals surface area (Å²) in [4.78, 5) is 0. The molecule has 1 saturated carbocycles. The fourth-order valence-corrected chi connectivity index (χ4v) is 2.09. The van der Waals surface area contributed by atoms with Crippen molar-refractivity contribution in [1.82, 2.24) is 10.6 Å². The van der Waals surface area contributed by atoms with Gasteiger partial charge in [0.15, 0.2) is 5.11 Å². The Morgan fingerprint density at radius 1 is 1.27 bits per heavy atom. The van der Waals surface area contributed by atoms with Crippen LogP contribution in [0.4, 0.5) is 0 Å². The average Bonchev–Trinajstić information content (AvgIpc) is 2.26. The molecule has 2 N–H and O–H groups in total. The molecule has 1 rings (SSSR count). The van der Waals surface area contributed by atoms with Crippen molar-refractivity contribution in [1.29, 1.82) is 0 Å². The maximum absolute atomic E-state index is 5.76. The molecule has 0 atom stereocenters. The fourth-order valence-electron chi connectivity index (χ4n) is 1.85. The molecule has 0 spiro atoms. The molecule has 0 unspecified atom stereocenters. The smallest absolute Gasteiger partial charge is 0.166 e. The lowest BCUT2D eigenvalue weighted by Crippen LogP contribution is -2.37. The third kappa shape index (κ3) is 5.95. The zero-order valence-electron chi connectivity index (χ0n) is 9.55. The molecule has 1 fully saturated rings. The highest BCUT2D eigenvalue weighted by Crippen LogP contribution is 2.19. The van der Waals surface area contributed by atoms with E-state index in [9.17, 15) is 0 Å². The van der Waals surface area contributed by atoms with Gasteiger partial charge in [-0.15, -0.1) is 0 Å². The van der Waals surface area contributed by atoms with Crippen LogP contribution in [0.1, 0.15) is 39.0 Å². The molecule has 0 aromatic carbocycles. The number of thiocarbonyl (C=S) groups is 1. The molecule has 88 valence electrons. The highest BCUT2D eigenvalue weighted by atomic mass is 32.1. The van der Waals surface area contributed by atoms with Crippen LogP contribution in [0.15, 0.2) is 0 Å². The second-order valence-corrected chi connectivity index (χ2v) is 4.33. The third-order valence-corrected chi connectivity index (χ3v) is 2.92. The van der Waals surface area contributed by atoms with Crippen molar-refractivity contribution in [2.24, 2.45) is 0 Å². The van der Waals surface area contributed by atoms with Crippen LogP contribution < -0.4 is 10.6 Å². The second-order valence-electron chi connectivity index (χ2n) is 3.92. The maximum Gasteiger partial charge on any atom is 0.166 e. The van der Waals surface area contributed by atoms with Gasteiger partial charge >= 0.3 is 0 Å². The van der Waals surface area contributed by atoms with Crippen LogP contribution in [0, 0.1) is 0 Å². The molecule has 0 heterocycles. The lowest BCUT2D eigenvalue weighted by Gasteiger charge is -2.22. The molecule has 4 heteroatoms. The van der Waals surface area contributed by atoms with Crippen molar-refractivity contribution in [2.45, 2.75) is 45.1 Å². The van der Waals surface area contributed by atoms with Crippen LogP contribution in [-0.4, -0.2) is 30.9 Å². The summed E-state index contributed by atoms with van der Waals surface area (Å²) in [6, 6.07) is 0. The summed E-state index contributed by atoms with van der Waals surface area (Å²) in [5.41, 5.74) is 0. The quantitative estimate of drug-likeness (QED) is 0.557. The van der Waals surface area contributed by atoms with Crippen LogP contribution >= 0.6 is 12.2 Å². The Hall–Kier alpha value is -0.350. The monoisotopic (exact) mass is 230 g/mol. The fraction of sp³-hybridized carbons (Fsp3) is 0.909. The van der Waals surface area contributed by atoms with Crippen LogP contribution in [-0.2, 0) is 4.74 Å². The normalized spacial score (nSPS) is 17.4. The first-order valence-electron chi connectivity index (χ1n) is 5.96. The van der Waals surface area contributed by atoms with Crippen LogP contribution in [0.2, 0.25) is 0 Å². The lowest BCUT2D eigenvalue weighted by molar-refractivity contribution is 0.0318. The van der Waals surface area contributed by atoms with E-state index < -0.39 is 0 Å². The van der Waals surface area contributed by atoms with Gasteiger partial charge in [-0.3, -0.25) is 0 Å². The first kappa shape index (κ1) is 12.7. The summed E-state index contributed by atoms with van der Waals surface area (Å²) in [6.07, 6.45) is 6.99. The zero-order chi connectivity index (χ0) is 10.9. The molecule has 3 nitrogen and oxygen atoms in total. The van der Waals surface area contributed by atoms with E-state index in [2.05, 4.69) is 10.6 Å². The van der Waals surface area contributed by atoms with E-state index >= 15 is 0 Å². The summed E-state index contributed by atoms with van der Waals surface area (Å²) in [5.74, 6) is 0. The van der Waals surface area contributed by atoms with E-state index in [4.69, 9.17) is 17.0 Å². The first-order chi connectivity index (χ1) is 7.33. The van der Waals surface area contributed by atoms with E-state index in [1.807, 2.05) is 6.92 Å². The van der Waals surface area contributed by atoms with Gasteiger partial charge in [-0.1, -0.05) is 19.3 Å². The molecule has 15 heavy (non-hydrogen) atoms. The van der Waals surface area contributed by atoms with E-state index in [0.717, 1.165) is 24.8 Å². The number of nitrogens with one attached hydrogen (secondary N) is 2. The van der Waals surface area contributed by atoms with Gasteiger partial charge in [0.05, 0.1) is 12.7 Å². The molecule has 0 aromatic rings. The molecule has 0 aliphatic heterocycles. The minimum absolute atomic E-state index is 0.494. The lowest BCUT2D eigenvalue weighted by atomic mass is 9.98. The van der Waals surface area contributed by atoms with E-state index in [1.54, 1.807) is 0 Å². The summed E-state index contributed by atoms with van der Waals surface area (Å²) in [7, 11) is 0. The van der Waals surface area contributed by atoms with Crippen LogP contribution in [0.25, 0.3) is 0 Å². The third-order valence-electron chi connectivity index (χ3n) is 2.63. The molecule has 1 aliphatic carbocycles. The molecule has 0 bridgehead atoms. The van der Waals surface area contributed by atoms with Crippen molar-refractivity contribution in [3.05, 3.63) is 0 Å². The Bertz CT molecular complexity index is 181. The Kier molecular flexibility index (Phi) is 6.68. The molecular formula is C11H22N2OS. The van der Waals surface area contributed by atoms with Gasteiger partial charge in [0.25, 0.3) is 0 Å². The SMILES string of the molecule is CCNC(=S)NCCOC1CCCCC1. The van der Waals surface area contributed by atoms with Gasteiger partial charge in [0, 0.05) is 13.1 Å². The molecule has 0 saturated heterocycles. The van der Waals surface area contributed by atoms with Gasteiger partial charge < -0.3 is 15.4 Å². The van der Waals surface area contributed by atoms with E-state index in [0.29, 0.717) is 6.10 Å². The number of hydrogen-bond acceptors (Lipinski definition) is 2. The van der Waals surface area contributed by atoms with Crippen molar-refractivity contribution in [3.8, 4) is 0 Å². The second kappa shape index (κ2) is 7.88. The topological polar surface area (TPSA) is 33.3 Å². The summed E-state index contributed by atoms with van der Waals surface area (Å²) >= 11 is 5.05. The Morgan fingerprint density at radius 3 is 2.67 bits per heavy atom. The maximum atomic E-state index is 5.76. The first-order valence-corrected chi connectivity index (χ1v) is 6.37. The molecule has 0 radical (unpaired) electrons. The van der Waals surface area contributed by atoms with Crippen molar-refractivity contribution >= 4 is 17.3 Å². The summed E-state index contributed by atoms with van der Waals surface area (Å²) in [6.45, 7) is 4.47. The van der Waals surface area contributed by atoms with E-state index in [1.165, 1.54) is 32.1 Å². The summed E-state index contributed by atoms with van der Waals surface area (Å²) in [5, 5.41) is 6.89. The van der Waals surface area contributed by atoms with Gasteiger partial charge in [-0.05, 0) is 32.0 Å². The minimum atomic E-state index is 0.494. The van der Waals surface area contributed by atoms with Crippen molar-refractivity contribution < 1.29 is 4.74 Å². The Balaban J connectivity index is 1.93. The molecule has 1 aliphatic rings. The standard InChI is InChI=1S/C11H22N2OS/c1-2-12-11(15)13-8-9-14-10-6-4-3-5-7-10/h10H,2-9H2,1H3,(H2,12,13,15). The largest absolute Gasteiger partial charge is 0.376 e. The van der Waals surface area contributed by atoms with Gasteiger partial charge in [-0.25, -0.2) is 0 Å². The number of ether oxygens (including phenoxy) is 1. The zero-order valence-corrected chi connectivity index (χ0v) is 10.4. The highest BCUT2D eigenvalue weighted by molar-refractivity contribution is 7.80. The summed E-state index contributed by atoms with van der Waals surface area (Å²) < 4.78 is 5.76. The predicted molar refractivity (Wildman–Crippen MR) is 67.1 cm³/mol. The Labute approximate surface area is 98.0 Å². The number of rotatable bonds is 5. The van der Waals surface area contributed by atoms with Gasteiger partial charge in [0.2, 0.25) is 0 Å². The van der Waals surface area contributed by atoms with Crippen molar-refractivity contribution in [3.63, 3.8) is 0 Å². The molecule has 0 aromatic heterocycles. The highest BCUT2D eigenvalue weighted by Gasteiger charge is 2.12. The van der Waals surface area contributed by atoms with E-state index in [-0.39, 0.29) is 0 Å². The Morgan fingerprint density at radius 2 is 2.00 bits per heavy atom. The molecular weight excluding hydrogens is 208 g/mol. The van der Waals surface area contributed by atoms with Crippen LogP contribution in [0.3, 0.4) is 0 Å². The van der Waals surface area contributed by atoms with Crippen LogP contribution in [0.5, 0.6) is 0 Å². The average molecular weight is 230 g/mol. The van der Waals surface area contributed by atoms with Gasteiger partial charge in [0.1, 0.15) is 0 Å². The minimum Gasteiger partial charge on any atom is -0.376 e. The molecule has 0 amide bonds. The van der Waals surface area contributed by atoms with Gasteiger partial charge in [-0.2, -0.15) is 0 Å². The number of hydrogen-bond donors (Lipinski definition) is 2.